The highest BCUT2D eigenvalue weighted by Gasteiger charge is 2.23. The van der Waals surface area contributed by atoms with Crippen LogP contribution in [0.4, 0.5) is 0 Å². The molecule has 3 heterocycles. The van der Waals surface area contributed by atoms with Gasteiger partial charge in [0.05, 0.1) is 11.8 Å². The normalized spacial score (nSPS) is 15.0. The fourth-order valence-corrected chi connectivity index (χ4v) is 5.11. The van der Waals surface area contributed by atoms with Gasteiger partial charge in [0, 0.05) is 28.5 Å². The Bertz CT molecular complexity index is 908. The topological polar surface area (TPSA) is 78.5 Å². The third-order valence-electron chi connectivity index (χ3n) is 4.81. The Labute approximate surface area is 159 Å². The van der Waals surface area contributed by atoms with Crippen molar-refractivity contribution in [2.24, 2.45) is 0 Å². The van der Waals surface area contributed by atoms with Crippen LogP contribution in [0.5, 0.6) is 0 Å². The summed E-state index contributed by atoms with van der Waals surface area (Å²) in [6.45, 7) is 3.97. The van der Waals surface area contributed by atoms with Gasteiger partial charge in [-0.1, -0.05) is 24.6 Å². The third-order valence-corrected chi connectivity index (χ3v) is 6.50. The Balaban J connectivity index is 1.50. The predicted octanol–water partition coefficient (Wildman–Crippen LogP) is 3.63. The maximum absolute atomic E-state index is 12.8. The summed E-state index contributed by atoms with van der Waals surface area (Å²) in [7, 11) is 0. The number of thioether (sulfide) groups is 1. The van der Waals surface area contributed by atoms with Crippen molar-refractivity contribution in [1.82, 2.24) is 29.8 Å². The van der Waals surface area contributed by atoms with Crippen molar-refractivity contribution in [3.63, 3.8) is 0 Å². The molecule has 0 unspecified atom stereocenters. The Kier molecular flexibility index (Phi) is 4.90. The van der Waals surface area contributed by atoms with Crippen molar-refractivity contribution in [2.45, 2.75) is 50.7 Å². The van der Waals surface area contributed by atoms with Crippen LogP contribution in [0.3, 0.4) is 0 Å². The average molecular weight is 389 g/mol. The fourth-order valence-electron chi connectivity index (χ4n) is 3.53. The summed E-state index contributed by atoms with van der Waals surface area (Å²) < 4.78 is 3.93. The molecule has 0 spiro atoms. The molecule has 136 valence electrons. The molecule has 7 nitrogen and oxygen atoms in total. The van der Waals surface area contributed by atoms with Gasteiger partial charge in [0.25, 0.3) is 0 Å². The number of carbonyl (C=O) groups is 1. The zero-order valence-electron chi connectivity index (χ0n) is 14.8. The van der Waals surface area contributed by atoms with Crippen LogP contribution in [-0.2, 0) is 0 Å². The minimum atomic E-state index is 0.0897. The van der Waals surface area contributed by atoms with E-state index in [9.17, 15) is 4.79 Å². The molecule has 0 radical (unpaired) electrons. The number of hydrogen-bond acceptors (Lipinski definition) is 7. The zero-order valence-corrected chi connectivity index (χ0v) is 16.4. The molecule has 0 aromatic carbocycles. The number of aryl methyl sites for hydroxylation is 1. The number of aromatic nitrogens is 6. The van der Waals surface area contributed by atoms with Crippen molar-refractivity contribution in [1.29, 1.82) is 0 Å². The third kappa shape index (κ3) is 3.21. The predicted molar refractivity (Wildman–Crippen MR) is 101 cm³/mol. The molecule has 0 aliphatic heterocycles. The Morgan fingerprint density at radius 3 is 2.88 bits per heavy atom. The highest BCUT2D eigenvalue weighted by molar-refractivity contribution is 7.99. The van der Waals surface area contributed by atoms with Crippen LogP contribution in [0.1, 0.15) is 53.5 Å². The lowest BCUT2D eigenvalue weighted by Gasteiger charge is -2.10. The molecule has 0 bridgehead atoms. The second-order valence-corrected chi connectivity index (χ2v) is 8.31. The molecule has 3 aromatic rings. The van der Waals surface area contributed by atoms with Crippen LogP contribution in [-0.4, -0.2) is 41.3 Å². The van der Waals surface area contributed by atoms with Gasteiger partial charge in [0.1, 0.15) is 0 Å². The Hall–Kier alpha value is -2.00. The molecule has 1 aliphatic carbocycles. The minimum absolute atomic E-state index is 0.0897. The van der Waals surface area contributed by atoms with Gasteiger partial charge in [-0.2, -0.15) is 0 Å². The van der Waals surface area contributed by atoms with Crippen LogP contribution < -0.4 is 0 Å². The number of hydrogen-bond donors (Lipinski definition) is 0. The second-order valence-electron chi connectivity index (χ2n) is 6.49. The fraction of sp³-hybridized carbons (Fsp3) is 0.471. The quantitative estimate of drug-likeness (QED) is 0.474. The molecular formula is C17H20N6OS2. The monoisotopic (exact) mass is 388 g/mol. The Morgan fingerprint density at radius 1 is 1.35 bits per heavy atom. The van der Waals surface area contributed by atoms with Crippen molar-refractivity contribution in [3.8, 4) is 5.13 Å². The molecule has 26 heavy (non-hydrogen) atoms. The van der Waals surface area contributed by atoms with Crippen LogP contribution in [0, 0.1) is 13.8 Å². The molecular weight excluding hydrogens is 368 g/mol. The number of thiazole rings is 1. The van der Waals surface area contributed by atoms with Crippen LogP contribution >= 0.6 is 23.1 Å². The minimum Gasteiger partial charge on any atom is -0.294 e. The van der Waals surface area contributed by atoms with E-state index in [1.807, 2.05) is 34.5 Å². The first-order valence-electron chi connectivity index (χ1n) is 8.68. The summed E-state index contributed by atoms with van der Waals surface area (Å²) in [4.78, 5) is 17.2. The van der Waals surface area contributed by atoms with Gasteiger partial charge in [0.2, 0.25) is 5.16 Å². The standard InChI is InChI=1S/C17H20N6OS2/c1-11-9-14(12(2)22(11)16-18-7-8-25-16)15(24)10-26-17-19-20-21-23(17)13-5-3-4-6-13/h7-9,13H,3-6,10H2,1-2H3. The molecule has 0 N–H and O–H groups in total. The maximum Gasteiger partial charge on any atom is 0.210 e. The number of rotatable bonds is 6. The number of carbonyl (C=O) groups excluding carboxylic acids is 1. The summed E-state index contributed by atoms with van der Waals surface area (Å²) >= 11 is 2.98. The van der Waals surface area contributed by atoms with Gasteiger partial charge in [-0.25, -0.2) is 9.67 Å². The van der Waals surface area contributed by atoms with Crippen LogP contribution in [0.15, 0.2) is 22.8 Å². The second kappa shape index (κ2) is 7.32. The van der Waals surface area contributed by atoms with Crippen LogP contribution in [0.25, 0.3) is 5.13 Å². The number of nitrogens with zero attached hydrogens (tertiary/aromatic N) is 6. The lowest BCUT2D eigenvalue weighted by Crippen LogP contribution is -2.10. The Morgan fingerprint density at radius 2 is 2.15 bits per heavy atom. The molecule has 1 fully saturated rings. The maximum atomic E-state index is 12.8. The highest BCUT2D eigenvalue weighted by Crippen LogP contribution is 2.32. The summed E-state index contributed by atoms with van der Waals surface area (Å²) in [5.74, 6) is 0.418. The molecule has 1 saturated carbocycles. The molecule has 9 heteroatoms. The van der Waals surface area contributed by atoms with E-state index in [4.69, 9.17) is 0 Å². The molecule has 0 saturated heterocycles. The number of tetrazole rings is 1. The van der Waals surface area contributed by atoms with Crippen molar-refractivity contribution in [2.75, 3.05) is 5.75 Å². The highest BCUT2D eigenvalue weighted by atomic mass is 32.2. The van der Waals surface area contributed by atoms with E-state index in [-0.39, 0.29) is 5.78 Å². The summed E-state index contributed by atoms with van der Waals surface area (Å²) in [6.07, 6.45) is 6.44. The number of ketones is 1. The smallest absolute Gasteiger partial charge is 0.210 e. The van der Waals surface area contributed by atoms with Crippen molar-refractivity contribution < 1.29 is 4.79 Å². The van der Waals surface area contributed by atoms with Gasteiger partial charge < -0.3 is 0 Å². The first-order chi connectivity index (χ1) is 12.6. The summed E-state index contributed by atoms with van der Waals surface area (Å²) in [5, 5.41) is 15.6. The van der Waals surface area contributed by atoms with Gasteiger partial charge in [-0.05, 0) is 43.2 Å². The van der Waals surface area contributed by atoms with E-state index in [0.717, 1.165) is 40.1 Å². The van der Waals surface area contributed by atoms with E-state index in [0.29, 0.717) is 11.8 Å². The molecule has 1 aliphatic rings. The number of Topliss-reactive ketones (excluding diaryl/α,β-unsaturated/α-hetero) is 1. The molecule has 0 amide bonds. The first-order valence-corrected chi connectivity index (χ1v) is 10.5. The van der Waals surface area contributed by atoms with E-state index in [1.54, 1.807) is 17.5 Å². The van der Waals surface area contributed by atoms with E-state index >= 15 is 0 Å². The van der Waals surface area contributed by atoms with E-state index in [2.05, 4.69) is 20.5 Å². The van der Waals surface area contributed by atoms with Crippen LogP contribution in [0.2, 0.25) is 0 Å². The summed E-state index contributed by atoms with van der Waals surface area (Å²) in [5.41, 5.74) is 2.69. The summed E-state index contributed by atoms with van der Waals surface area (Å²) in [6, 6.07) is 2.32. The molecule has 3 aromatic heterocycles. The zero-order chi connectivity index (χ0) is 18.1. The molecule has 4 rings (SSSR count). The van der Waals surface area contributed by atoms with Crippen molar-refractivity contribution in [3.05, 3.63) is 34.6 Å². The largest absolute Gasteiger partial charge is 0.294 e. The lowest BCUT2D eigenvalue weighted by molar-refractivity contribution is 0.102. The lowest BCUT2D eigenvalue weighted by atomic mass is 10.2. The van der Waals surface area contributed by atoms with Gasteiger partial charge >= 0.3 is 0 Å². The van der Waals surface area contributed by atoms with Gasteiger partial charge in [-0.15, -0.1) is 16.4 Å². The van der Waals surface area contributed by atoms with E-state index < -0.39 is 0 Å². The first kappa shape index (κ1) is 17.4. The van der Waals surface area contributed by atoms with Crippen molar-refractivity contribution >= 4 is 28.9 Å². The van der Waals surface area contributed by atoms with Gasteiger partial charge in [0.15, 0.2) is 10.9 Å². The SMILES string of the molecule is Cc1cc(C(=O)CSc2nnnn2C2CCCC2)c(C)n1-c1nccs1. The average Bonchev–Trinajstić information content (AvgIpc) is 3.40. The van der Waals surface area contributed by atoms with Gasteiger partial charge in [-0.3, -0.25) is 9.36 Å². The molecule has 0 atom stereocenters. The van der Waals surface area contributed by atoms with E-state index in [1.165, 1.54) is 24.6 Å².